The molecule has 0 radical (unpaired) electrons. The van der Waals surface area contributed by atoms with Gasteiger partial charge < -0.3 is 10.4 Å². The van der Waals surface area contributed by atoms with Gasteiger partial charge in [-0.15, -0.1) is 10.2 Å². The van der Waals surface area contributed by atoms with Crippen molar-refractivity contribution in [3.63, 3.8) is 0 Å². The second kappa shape index (κ2) is 6.85. The predicted molar refractivity (Wildman–Crippen MR) is 100 cm³/mol. The molecule has 5 nitrogen and oxygen atoms in total. The quantitative estimate of drug-likeness (QED) is 0.731. The molecule has 0 saturated carbocycles. The molecule has 1 unspecified atom stereocenters. The first kappa shape index (κ1) is 16.1. The van der Waals surface area contributed by atoms with Crippen LogP contribution in [0.1, 0.15) is 12.0 Å². The van der Waals surface area contributed by atoms with Crippen LogP contribution in [0, 0.1) is 0 Å². The lowest BCUT2D eigenvalue weighted by Crippen LogP contribution is -2.23. The number of amides is 1. The number of carbonyl (C=O) groups is 1. The number of rotatable bonds is 3. The van der Waals surface area contributed by atoms with Gasteiger partial charge in [0.2, 0.25) is 5.91 Å². The largest absolute Gasteiger partial charge is 0.508 e. The van der Waals surface area contributed by atoms with E-state index in [9.17, 15) is 9.90 Å². The fraction of sp³-hybridized carbons (Fsp3) is 0.167. The number of aromatic hydroxyl groups is 1. The molecule has 0 bridgehead atoms. The number of aryl methyl sites for hydroxylation is 1. The molecule has 1 amide bonds. The number of nitrogens with zero attached hydrogens (tertiary/aromatic N) is 2. The maximum Gasteiger partial charge on any atom is 0.237 e. The Morgan fingerprint density at radius 1 is 1.12 bits per heavy atom. The monoisotopic (exact) mass is 369 g/mol. The maximum atomic E-state index is 12.5. The van der Waals surface area contributed by atoms with E-state index in [0.29, 0.717) is 0 Å². The van der Waals surface area contributed by atoms with E-state index < -0.39 is 0 Å². The van der Waals surface area contributed by atoms with Crippen LogP contribution in [-0.2, 0) is 11.2 Å². The molecule has 7 heteroatoms. The van der Waals surface area contributed by atoms with Crippen LogP contribution in [-0.4, -0.2) is 26.5 Å². The number of anilines is 1. The van der Waals surface area contributed by atoms with Crippen LogP contribution >= 0.6 is 23.1 Å². The summed E-state index contributed by atoms with van der Waals surface area (Å²) >= 11 is 2.92. The van der Waals surface area contributed by atoms with E-state index in [1.165, 1.54) is 28.7 Å². The summed E-state index contributed by atoms with van der Waals surface area (Å²) in [5, 5.41) is 21.4. The maximum absolute atomic E-state index is 12.5. The molecular weight excluding hydrogens is 354 g/mol. The summed E-state index contributed by atoms with van der Waals surface area (Å²) in [4.78, 5) is 12.5. The summed E-state index contributed by atoms with van der Waals surface area (Å²) < 4.78 is 0.772. The fourth-order valence-corrected chi connectivity index (χ4v) is 4.80. The van der Waals surface area contributed by atoms with Crippen molar-refractivity contribution in [1.82, 2.24) is 10.2 Å². The third kappa shape index (κ3) is 3.52. The van der Waals surface area contributed by atoms with E-state index in [1.807, 2.05) is 18.2 Å². The molecule has 1 atom stereocenters. The molecule has 126 valence electrons. The van der Waals surface area contributed by atoms with E-state index in [2.05, 4.69) is 21.6 Å². The summed E-state index contributed by atoms with van der Waals surface area (Å²) in [6.45, 7) is 0. The molecule has 0 spiro atoms. The Kier molecular flexibility index (Phi) is 4.42. The van der Waals surface area contributed by atoms with Crippen molar-refractivity contribution in [2.24, 2.45) is 0 Å². The van der Waals surface area contributed by atoms with Crippen molar-refractivity contribution < 1.29 is 9.90 Å². The van der Waals surface area contributed by atoms with Crippen LogP contribution in [0.3, 0.4) is 0 Å². The molecule has 0 aliphatic carbocycles. The van der Waals surface area contributed by atoms with Gasteiger partial charge in [-0.05, 0) is 48.7 Å². The van der Waals surface area contributed by atoms with Crippen LogP contribution in [0.2, 0.25) is 0 Å². The van der Waals surface area contributed by atoms with E-state index in [-0.39, 0.29) is 16.9 Å². The van der Waals surface area contributed by atoms with Crippen LogP contribution < -0.4 is 5.32 Å². The second-order valence-electron chi connectivity index (χ2n) is 5.71. The molecule has 1 aliphatic rings. The zero-order chi connectivity index (χ0) is 17.2. The normalized spacial score (nSPS) is 16.8. The zero-order valence-corrected chi connectivity index (χ0v) is 14.8. The Labute approximate surface area is 153 Å². The van der Waals surface area contributed by atoms with Crippen molar-refractivity contribution >= 4 is 34.7 Å². The summed E-state index contributed by atoms with van der Waals surface area (Å²) in [6.07, 6.45) is 1.62. The highest BCUT2D eigenvalue weighted by Crippen LogP contribution is 2.35. The molecule has 0 saturated heterocycles. The van der Waals surface area contributed by atoms with Crippen LogP contribution in [0.25, 0.3) is 10.6 Å². The number of nitrogens with one attached hydrogen (secondary N) is 1. The lowest BCUT2D eigenvalue weighted by molar-refractivity contribution is -0.115. The number of phenolic OH excluding ortho intramolecular Hbond substituents is 1. The van der Waals surface area contributed by atoms with Gasteiger partial charge >= 0.3 is 0 Å². The molecular formula is C18H15N3O2S2. The topological polar surface area (TPSA) is 75.1 Å². The molecule has 1 aliphatic heterocycles. The Bertz CT molecular complexity index is 909. The molecule has 3 aromatic rings. The van der Waals surface area contributed by atoms with Gasteiger partial charge in [-0.1, -0.05) is 41.3 Å². The summed E-state index contributed by atoms with van der Waals surface area (Å²) in [7, 11) is 0. The Balaban J connectivity index is 1.49. The summed E-state index contributed by atoms with van der Waals surface area (Å²) in [5.74, 6) is 0.230. The smallest absolute Gasteiger partial charge is 0.237 e. The summed E-state index contributed by atoms with van der Waals surface area (Å²) in [6, 6.07) is 14.8. The number of aromatic nitrogens is 2. The molecule has 25 heavy (non-hydrogen) atoms. The molecule has 2 heterocycles. The van der Waals surface area contributed by atoms with E-state index in [1.54, 1.807) is 24.3 Å². The summed E-state index contributed by atoms with van der Waals surface area (Å²) in [5.41, 5.74) is 2.97. The number of phenols is 1. The van der Waals surface area contributed by atoms with E-state index >= 15 is 0 Å². The lowest BCUT2D eigenvalue weighted by Gasteiger charge is -2.10. The number of hydrogen-bond donors (Lipinski definition) is 2. The Morgan fingerprint density at radius 3 is 2.76 bits per heavy atom. The number of carbonyl (C=O) groups excluding carboxylic acids is 1. The zero-order valence-electron chi connectivity index (χ0n) is 13.2. The van der Waals surface area contributed by atoms with E-state index in [4.69, 9.17) is 0 Å². The van der Waals surface area contributed by atoms with E-state index in [0.717, 1.165) is 33.4 Å². The van der Waals surface area contributed by atoms with Gasteiger partial charge in [0.05, 0.1) is 5.25 Å². The number of benzene rings is 2. The van der Waals surface area contributed by atoms with Crippen LogP contribution in [0.5, 0.6) is 5.75 Å². The van der Waals surface area contributed by atoms with Gasteiger partial charge in [0.1, 0.15) is 10.8 Å². The first-order chi connectivity index (χ1) is 12.2. The predicted octanol–water partition coefficient (Wildman–Crippen LogP) is 3.96. The van der Waals surface area contributed by atoms with Gasteiger partial charge in [-0.25, -0.2) is 0 Å². The fourth-order valence-electron chi connectivity index (χ4n) is 2.70. The SMILES string of the molecule is O=C1Nc2ccccc2CCC1Sc1nnc(-c2ccc(O)cc2)s1. The number of hydrogen-bond acceptors (Lipinski definition) is 6. The van der Waals surface area contributed by atoms with Crippen molar-refractivity contribution in [1.29, 1.82) is 0 Å². The minimum atomic E-state index is -0.187. The number of thioether (sulfide) groups is 1. The minimum absolute atomic E-state index is 0.0105. The third-order valence-electron chi connectivity index (χ3n) is 4.01. The minimum Gasteiger partial charge on any atom is -0.508 e. The second-order valence-corrected chi connectivity index (χ2v) is 8.14. The van der Waals surface area contributed by atoms with Crippen molar-refractivity contribution in [3.8, 4) is 16.3 Å². The molecule has 1 aromatic heterocycles. The highest BCUT2D eigenvalue weighted by Gasteiger charge is 2.25. The molecule has 0 fully saturated rings. The number of para-hydroxylation sites is 1. The van der Waals surface area contributed by atoms with Crippen molar-refractivity contribution in [3.05, 3.63) is 54.1 Å². The molecule has 2 aromatic carbocycles. The standard InChI is InChI=1S/C18H15N3O2S2/c22-13-8-5-12(6-9-13)17-20-21-18(25-17)24-15-10-7-11-3-1-2-4-14(11)19-16(15)23/h1-6,8-9,15,22H,7,10H2,(H,19,23). The average molecular weight is 369 g/mol. The first-order valence-corrected chi connectivity index (χ1v) is 9.57. The average Bonchev–Trinajstić information content (AvgIpc) is 3.02. The highest BCUT2D eigenvalue weighted by molar-refractivity contribution is 8.02. The van der Waals surface area contributed by atoms with Gasteiger partial charge in [-0.3, -0.25) is 4.79 Å². The Hall–Kier alpha value is -2.38. The molecule has 4 rings (SSSR count). The third-order valence-corrected chi connectivity index (χ3v) is 6.33. The van der Waals surface area contributed by atoms with Gasteiger partial charge in [0.25, 0.3) is 0 Å². The highest BCUT2D eigenvalue weighted by atomic mass is 32.2. The number of fused-ring (bicyclic) bond motifs is 1. The lowest BCUT2D eigenvalue weighted by atomic mass is 10.1. The first-order valence-electron chi connectivity index (χ1n) is 7.87. The van der Waals surface area contributed by atoms with Crippen LogP contribution in [0.4, 0.5) is 5.69 Å². The molecule has 2 N–H and O–H groups in total. The van der Waals surface area contributed by atoms with Gasteiger partial charge in [0, 0.05) is 11.3 Å². The van der Waals surface area contributed by atoms with Crippen LogP contribution in [0.15, 0.2) is 52.9 Å². The Morgan fingerprint density at radius 2 is 1.92 bits per heavy atom. The van der Waals surface area contributed by atoms with Crippen molar-refractivity contribution in [2.45, 2.75) is 22.4 Å². The van der Waals surface area contributed by atoms with Gasteiger partial charge in [0.15, 0.2) is 4.34 Å². The van der Waals surface area contributed by atoms with Crippen molar-refractivity contribution in [2.75, 3.05) is 5.32 Å². The van der Waals surface area contributed by atoms with Gasteiger partial charge in [-0.2, -0.15) is 0 Å².